The first-order valence-electron chi connectivity index (χ1n) is 5.88. The normalized spacial score (nSPS) is 28.5. The van der Waals surface area contributed by atoms with E-state index in [-0.39, 0.29) is 29.8 Å². The fourth-order valence-corrected chi connectivity index (χ4v) is 3.15. The maximum absolute atomic E-state index is 12.0. The van der Waals surface area contributed by atoms with Crippen molar-refractivity contribution in [3.63, 3.8) is 0 Å². The molecule has 2 aliphatic carbocycles. The van der Waals surface area contributed by atoms with Crippen molar-refractivity contribution in [2.24, 2.45) is 5.92 Å². The van der Waals surface area contributed by atoms with Crippen molar-refractivity contribution in [2.45, 2.75) is 31.6 Å². The molecule has 2 nitrogen and oxygen atoms in total. The quantitative estimate of drug-likeness (QED) is 0.621. The SMILES string of the molecule is O=C1CC(=O)C2c3ccccc3CCC2C1. The van der Waals surface area contributed by atoms with Gasteiger partial charge in [0.1, 0.15) is 11.6 Å². The minimum Gasteiger partial charge on any atom is -0.299 e. The molecule has 2 atom stereocenters. The van der Waals surface area contributed by atoms with Crippen LogP contribution in [0.25, 0.3) is 0 Å². The predicted molar refractivity (Wildman–Crippen MR) is 60.2 cm³/mol. The molecule has 0 aromatic heterocycles. The average Bonchev–Trinajstić information content (AvgIpc) is 2.28. The van der Waals surface area contributed by atoms with Crippen molar-refractivity contribution in [3.8, 4) is 0 Å². The number of carbonyl (C=O) groups excluding carboxylic acids is 2. The van der Waals surface area contributed by atoms with Gasteiger partial charge in [-0.05, 0) is 29.9 Å². The van der Waals surface area contributed by atoms with E-state index in [2.05, 4.69) is 12.1 Å². The largest absolute Gasteiger partial charge is 0.299 e. The van der Waals surface area contributed by atoms with Crippen LogP contribution in [0.2, 0.25) is 0 Å². The Balaban J connectivity index is 2.05. The van der Waals surface area contributed by atoms with Gasteiger partial charge in [-0.25, -0.2) is 0 Å². The molecule has 2 unspecified atom stereocenters. The average molecular weight is 214 g/mol. The van der Waals surface area contributed by atoms with Crippen LogP contribution >= 0.6 is 0 Å². The molecule has 3 rings (SSSR count). The zero-order valence-corrected chi connectivity index (χ0v) is 9.11. The fraction of sp³-hybridized carbons (Fsp3) is 0.429. The first-order valence-corrected chi connectivity index (χ1v) is 5.88. The van der Waals surface area contributed by atoms with Crippen LogP contribution in [0.4, 0.5) is 0 Å². The maximum atomic E-state index is 12.0. The van der Waals surface area contributed by atoms with Crippen molar-refractivity contribution >= 4 is 11.6 Å². The fourth-order valence-electron chi connectivity index (χ4n) is 3.15. The van der Waals surface area contributed by atoms with Crippen molar-refractivity contribution < 1.29 is 9.59 Å². The number of benzene rings is 1. The summed E-state index contributed by atoms with van der Waals surface area (Å²) in [5.41, 5.74) is 2.47. The first-order chi connectivity index (χ1) is 7.75. The summed E-state index contributed by atoms with van der Waals surface area (Å²) in [5, 5.41) is 0. The van der Waals surface area contributed by atoms with E-state index in [4.69, 9.17) is 0 Å². The van der Waals surface area contributed by atoms with Gasteiger partial charge in [-0.2, -0.15) is 0 Å². The minimum atomic E-state index is 0.00245. The molecule has 0 aliphatic heterocycles. The van der Waals surface area contributed by atoms with E-state index < -0.39 is 0 Å². The van der Waals surface area contributed by atoms with Crippen molar-refractivity contribution in [2.75, 3.05) is 0 Å². The second-order valence-electron chi connectivity index (χ2n) is 4.86. The lowest BCUT2D eigenvalue weighted by atomic mass is 9.67. The maximum Gasteiger partial charge on any atom is 0.147 e. The molecule has 0 N–H and O–H groups in total. The van der Waals surface area contributed by atoms with Gasteiger partial charge < -0.3 is 0 Å². The highest BCUT2D eigenvalue weighted by Gasteiger charge is 2.39. The summed E-state index contributed by atoms with van der Waals surface area (Å²) in [6, 6.07) is 8.18. The molecular formula is C14H14O2. The van der Waals surface area contributed by atoms with Gasteiger partial charge in [-0.3, -0.25) is 9.59 Å². The Hall–Kier alpha value is -1.44. The Bertz CT molecular complexity index is 462. The lowest BCUT2D eigenvalue weighted by molar-refractivity contribution is -0.133. The third kappa shape index (κ3) is 1.41. The topological polar surface area (TPSA) is 34.1 Å². The molecule has 1 aromatic carbocycles. The van der Waals surface area contributed by atoms with Crippen LogP contribution in [0, 0.1) is 5.92 Å². The Morgan fingerprint density at radius 2 is 1.94 bits per heavy atom. The molecule has 0 saturated heterocycles. The van der Waals surface area contributed by atoms with E-state index >= 15 is 0 Å². The number of fused-ring (bicyclic) bond motifs is 3. The third-order valence-electron chi connectivity index (χ3n) is 3.85. The molecule has 1 saturated carbocycles. The molecule has 0 amide bonds. The summed E-state index contributed by atoms with van der Waals surface area (Å²) in [5.74, 6) is 0.533. The van der Waals surface area contributed by atoms with Crippen LogP contribution in [0.3, 0.4) is 0 Å². The van der Waals surface area contributed by atoms with Gasteiger partial charge in [0.2, 0.25) is 0 Å². The summed E-state index contributed by atoms with van der Waals surface area (Å²) >= 11 is 0. The standard InChI is InChI=1S/C14H14O2/c15-11-7-10-6-5-9-3-1-2-4-12(9)14(10)13(16)8-11/h1-4,10,14H,5-8H2. The molecule has 0 bridgehead atoms. The Morgan fingerprint density at radius 3 is 2.81 bits per heavy atom. The van der Waals surface area contributed by atoms with E-state index in [1.165, 1.54) is 11.1 Å². The monoisotopic (exact) mass is 214 g/mol. The van der Waals surface area contributed by atoms with E-state index in [0.29, 0.717) is 6.42 Å². The highest BCUT2D eigenvalue weighted by Crippen LogP contribution is 2.42. The second-order valence-corrected chi connectivity index (χ2v) is 4.86. The molecule has 16 heavy (non-hydrogen) atoms. The number of carbonyl (C=O) groups is 2. The van der Waals surface area contributed by atoms with Crippen molar-refractivity contribution in [1.29, 1.82) is 0 Å². The molecule has 2 heteroatoms. The van der Waals surface area contributed by atoms with Gasteiger partial charge in [0.25, 0.3) is 0 Å². The van der Waals surface area contributed by atoms with Gasteiger partial charge >= 0.3 is 0 Å². The molecule has 82 valence electrons. The van der Waals surface area contributed by atoms with E-state index in [0.717, 1.165) is 12.8 Å². The Kier molecular flexibility index (Phi) is 2.16. The molecule has 1 aromatic rings. The second kappa shape index (κ2) is 3.55. The molecular weight excluding hydrogens is 200 g/mol. The van der Waals surface area contributed by atoms with Crippen LogP contribution in [-0.2, 0) is 16.0 Å². The number of Topliss-reactive ketones (excluding diaryl/α,β-unsaturated/α-hetero) is 2. The smallest absolute Gasteiger partial charge is 0.147 e. The van der Waals surface area contributed by atoms with Crippen LogP contribution in [0.5, 0.6) is 0 Å². The van der Waals surface area contributed by atoms with Crippen molar-refractivity contribution in [1.82, 2.24) is 0 Å². The summed E-state index contributed by atoms with van der Waals surface area (Å²) in [6.45, 7) is 0. The number of hydrogen-bond acceptors (Lipinski definition) is 2. The van der Waals surface area contributed by atoms with E-state index in [1.807, 2.05) is 12.1 Å². The van der Waals surface area contributed by atoms with Crippen LogP contribution in [0.1, 0.15) is 36.3 Å². The van der Waals surface area contributed by atoms with Gasteiger partial charge in [0.05, 0.1) is 6.42 Å². The first kappa shape index (κ1) is 9.76. The van der Waals surface area contributed by atoms with Crippen LogP contribution < -0.4 is 0 Å². The van der Waals surface area contributed by atoms with Gasteiger partial charge in [-0.15, -0.1) is 0 Å². The zero-order valence-electron chi connectivity index (χ0n) is 9.11. The molecule has 2 aliphatic rings. The predicted octanol–water partition coefficient (Wildman–Crippen LogP) is 2.26. The number of hydrogen-bond donors (Lipinski definition) is 0. The summed E-state index contributed by atoms with van der Waals surface area (Å²) in [7, 11) is 0. The van der Waals surface area contributed by atoms with Crippen LogP contribution in [0.15, 0.2) is 24.3 Å². The van der Waals surface area contributed by atoms with Crippen molar-refractivity contribution in [3.05, 3.63) is 35.4 Å². The highest BCUT2D eigenvalue weighted by molar-refractivity contribution is 6.05. The molecule has 0 spiro atoms. The summed E-state index contributed by atoms with van der Waals surface area (Å²) in [4.78, 5) is 23.4. The van der Waals surface area contributed by atoms with Crippen LogP contribution in [-0.4, -0.2) is 11.6 Å². The lowest BCUT2D eigenvalue weighted by Gasteiger charge is -2.35. The summed E-state index contributed by atoms with van der Waals surface area (Å²) in [6.07, 6.45) is 2.75. The Morgan fingerprint density at radius 1 is 1.12 bits per heavy atom. The van der Waals surface area contributed by atoms with Gasteiger partial charge in [0, 0.05) is 12.3 Å². The van der Waals surface area contributed by atoms with E-state index in [9.17, 15) is 9.59 Å². The highest BCUT2D eigenvalue weighted by atomic mass is 16.1. The Labute approximate surface area is 94.7 Å². The van der Waals surface area contributed by atoms with Gasteiger partial charge in [0.15, 0.2) is 0 Å². The molecule has 0 radical (unpaired) electrons. The van der Waals surface area contributed by atoms with Gasteiger partial charge in [-0.1, -0.05) is 24.3 Å². The molecule has 0 heterocycles. The zero-order chi connectivity index (χ0) is 11.1. The molecule has 1 fully saturated rings. The summed E-state index contributed by atoms with van der Waals surface area (Å²) < 4.78 is 0. The van der Waals surface area contributed by atoms with E-state index in [1.54, 1.807) is 0 Å². The lowest BCUT2D eigenvalue weighted by Crippen LogP contribution is -2.34. The number of ketones is 2. The minimum absolute atomic E-state index is 0.00245. The number of aryl methyl sites for hydroxylation is 1. The third-order valence-corrected chi connectivity index (χ3v) is 3.85. The number of rotatable bonds is 0.